The lowest BCUT2D eigenvalue weighted by Crippen LogP contribution is -2.28. The Balaban J connectivity index is 1.82. The molecule has 1 aliphatic rings. The van der Waals surface area contributed by atoms with Crippen molar-refractivity contribution in [1.29, 1.82) is 0 Å². The van der Waals surface area contributed by atoms with Crippen LogP contribution < -0.4 is 15.8 Å². The molecule has 0 spiro atoms. The second-order valence-electron chi connectivity index (χ2n) is 6.77. The average molecular weight is 452 g/mol. The summed E-state index contributed by atoms with van der Waals surface area (Å²) in [6, 6.07) is 10.7. The molecule has 30 heavy (non-hydrogen) atoms. The van der Waals surface area contributed by atoms with Crippen molar-refractivity contribution in [3.05, 3.63) is 53.1 Å². The number of benzene rings is 2. The maximum Gasteiger partial charge on any atom is 0.257 e. The summed E-state index contributed by atoms with van der Waals surface area (Å²) < 4.78 is 32.5. The lowest BCUT2D eigenvalue weighted by molar-refractivity contribution is -0.118. The number of hydrogen-bond donors (Lipinski definition) is 2. The van der Waals surface area contributed by atoms with Crippen molar-refractivity contribution >= 4 is 39.1 Å². The number of nitrogens with one attached hydrogen (secondary N) is 1. The number of rotatable bonds is 8. The molecule has 0 saturated carbocycles. The predicted octanol–water partition coefficient (Wildman–Crippen LogP) is 2.63. The fourth-order valence-electron chi connectivity index (χ4n) is 3.06. The van der Waals surface area contributed by atoms with Gasteiger partial charge in [-0.2, -0.15) is 4.31 Å². The van der Waals surface area contributed by atoms with E-state index in [4.69, 9.17) is 22.1 Å². The molecular formula is C20H22ClN3O5S. The summed E-state index contributed by atoms with van der Waals surface area (Å²) in [4.78, 5) is 23.7. The minimum atomic E-state index is -3.69. The van der Waals surface area contributed by atoms with Crippen molar-refractivity contribution in [3.8, 4) is 5.75 Å². The number of nitrogens with zero attached hydrogens (tertiary/aromatic N) is 1. The van der Waals surface area contributed by atoms with E-state index in [9.17, 15) is 18.0 Å². The second-order valence-corrected chi connectivity index (χ2v) is 9.11. The average Bonchev–Trinajstić information content (AvgIpc) is 3.25. The number of amides is 2. The van der Waals surface area contributed by atoms with Crippen LogP contribution in [0.1, 0.15) is 29.6 Å². The van der Waals surface area contributed by atoms with E-state index in [2.05, 4.69) is 5.32 Å². The number of carbonyl (C=O) groups is 2. The molecule has 0 radical (unpaired) electrons. The van der Waals surface area contributed by atoms with Crippen LogP contribution in [0.25, 0.3) is 0 Å². The molecule has 0 unspecified atom stereocenters. The lowest BCUT2D eigenvalue weighted by atomic mass is 10.2. The number of primary amides is 1. The Kier molecular flexibility index (Phi) is 6.96. The van der Waals surface area contributed by atoms with Gasteiger partial charge in [0.15, 0.2) is 0 Å². The molecule has 1 heterocycles. The Morgan fingerprint density at radius 3 is 2.53 bits per heavy atom. The Bertz CT molecular complexity index is 1050. The topological polar surface area (TPSA) is 119 Å². The van der Waals surface area contributed by atoms with Crippen molar-refractivity contribution in [1.82, 2.24) is 4.31 Å². The summed E-state index contributed by atoms with van der Waals surface area (Å²) in [7, 11) is -3.69. The van der Waals surface area contributed by atoms with Crippen molar-refractivity contribution in [2.24, 2.45) is 5.73 Å². The minimum Gasteiger partial charge on any atom is -0.491 e. The molecule has 0 atom stereocenters. The van der Waals surface area contributed by atoms with Crippen molar-refractivity contribution in [2.45, 2.75) is 24.2 Å². The summed E-state index contributed by atoms with van der Waals surface area (Å²) in [5.41, 5.74) is 5.50. The molecule has 0 bridgehead atoms. The van der Waals surface area contributed by atoms with Crippen LogP contribution in [0.3, 0.4) is 0 Å². The van der Waals surface area contributed by atoms with Crippen molar-refractivity contribution in [3.63, 3.8) is 0 Å². The van der Waals surface area contributed by atoms with Crippen molar-refractivity contribution in [2.75, 3.05) is 25.0 Å². The third kappa shape index (κ3) is 5.10. The Hall–Kier alpha value is -2.62. The van der Waals surface area contributed by atoms with Crippen LogP contribution in [0.4, 0.5) is 5.69 Å². The fourth-order valence-corrected chi connectivity index (χ4v) is 4.81. The van der Waals surface area contributed by atoms with Crippen LogP contribution in [-0.4, -0.2) is 44.2 Å². The van der Waals surface area contributed by atoms with Gasteiger partial charge in [-0.15, -0.1) is 0 Å². The van der Waals surface area contributed by atoms with Crippen LogP contribution in [0.2, 0.25) is 5.02 Å². The number of sulfonamides is 1. The normalized spacial score (nSPS) is 14.4. The van der Waals surface area contributed by atoms with Gasteiger partial charge in [0, 0.05) is 13.1 Å². The molecule has 10 heteroatoms. The van der Waals surface area contributed by atoms with Gasteiger partial charge in [-0.1, -0.05) is 23.7 Å². The SMILES string of the molecule is NC(=O)CCOc1ccccc1NC(=O)c1cc(S(=O)(=O)N2CCCC2)ccc1Cl. The summed E-state index contributed by atoms with van der Waals surface area (Å²) in [5.74, 6) is -0.729. The standard InChI is InChI=1S/C20H22ClN3O5S/c21-16-8-7-14(30(27,28)24-10-3-4-11-24)13-15(16)20(26)23-17-5-1-2-6-18(17)29-12-9-19(22)25/h1-2,5-8,13H,3-4,9-12H2,(H2,22,25)(H,23,26). The van der Waals surface area contributed by atoms with Crippen LogP contribution in [0.5, 0.6) is 5.75 Å². The van der Waals surface area contributed by atoms with Crippen LogP contribution >= 0.6 is 11.6 Å². The number of hydrogen-bond acceptors (Lipinski definition) is 5. The number of halogens is 1. The fraction of sp³-hybridized carbons (Fsp3) is 0.300. The first-order valence-electron chi connectivity index (χ1n) is 9.40. The highest BCUT2D eigenvalue weighted by Gasteiger charge is 2.28. The Morgan fingerprint density at radius 2 is 1.83 bits per heavy atom. The molecule has 2 amide bonds. The minimum absolute atomic E-state index is 0.0185. The largest absolute Gasteiger partial charge is 0.491 e. The van der Waals surface area contributed by atoms with E-state index >= 15 is 0 Å². The van der Waals surface area contributed by atoms with Gasteiger partial charge in [-0.05, 0) is 43.2 Å². The predicted molar refractivity (Wildman–Crippen MR) is 113 cm³/mol. The van der Waals surface area contributed by atoms with Gasteiger partial charge in [0.05, 0.1) is 34.2 Å². The van der Waals surface area contributed by atoms with E-state index in [0.29, 0.717) is 24.5 Å². The Morgan fingerprint density at radius 1 is 1.13 bits per heavy atom. The molecule has 8 nitrogen and oxygen atoms in total. The van der Waals surface area contributed by atoms with Gasteiger partial charge < -0.3 is 15.8 Å². The highest BCUT2D eigenvalue weighted by molar-refractivity contribution is 7.89. The maximum absolute atomic E-state index is 12.8. The van der Waals surface area contributed by atoms with Gasteiger partial charge >= 0.3 is 0 Å². The van der Waals surface area contributed by atoms with E-state index in [1.54, 1.807) is 24.3 Å². The van der Waals surface area contributed by atoms with E-state index < -0.39 is 21.8 Å². The molecule has 160 valence electrons. The molecule has 1 saturated heterocycles. The highest BCUT2D eigenvalue weighted by atomic mass is 35.5. The van der Waals surface area contributed by atoms with Crippen LogP contribution in [0, 0.1) is 0 Å². The lowest BCUT2D eigenvalue weighted by Gasteiger charge is -2.17. The number of carbonyl (C=O) groups excluding carboxylic acids is 2. The second kappa shape index (κ2) is 9.46. The van der Waals surface area contributed by atoms with Gasteiger partial charge in [-0.3, -0.25) is 9.59 Å². The Labute approximate surface area is 180 Å². The molecule has 3 rings (SSSR count). The summed E-state index contributed by atoms with van der Waals surface area (Å²) in [6.45, 7) is 0.984. The van der Waals surface area contributed by atoms with Gasteiger partial charge in [0.2, 0.25) is 15.9 Å². The first kappa shape index (κ1) is 22.1. The monoisotopic (exact) mass is 451 g/mol. The zero-order chi connectivity index (χ0) is 21.7. The molecule has 2 aromatic rings. The first-order valence-corrected chi connectivity index (χ1v) is 11.2. The summed E-state index contributed by atoms with van der Waals surface area (Å²) >= 11 is 6.17. The molecule has 2 aromatic carbocycles. The van der Waals surface area contributed by atoms with E-state index in [-0.39, 0.29) is 28.5 Å². The van der Waals surface area contributed by atoms with E-state index in [1.807, 2.05) is 0 Å². The third-order valence-corrected chi connectivity index (χ3v) is 6.85. The third-order valence-electron chi connectivity index (χ3n) is 4.63. The number of anilines is 1. The molecule has 1 fully saturated rings. The van der Waals surface area contributed by atoms with Crippen LogP contribution in [-0.2, 0) is 14.8 Å². The van der Waals surface area contributed by atoms with E-state index in [1.165, 1.54) is 22.5 Å². The summed E-state index contributed by atoms with van der Waals surface area (Å²) in [5, 5.41) is 2.81. The zero-order valence-electron chi connectivity index (χ0n) is 16.1. The van der Waals surface area contributed by atoms with Gasteiger partial charge in [0.25, 0.3) is 5.91 Å². The highest BCUT2D eigenvalue weighted by Crippen LogP contribution is 2.28. The molecule has 0 aromatic heterocycles. The zero-order valence-corrected chi connectivity index (χ0v) is 17.7. The smallest absolute Gasteiger partial charge is 0.257 e. The quantitative estimate of drug-likeness (QED) is 0.639. The van der Waals surface area contributed by atoms with E-state index in [0.717, 1.165) is 12.8 Å². The number of nitrogens with two attached hydrogens (primary N) is 1. The van der Waals surface area contributed by atoms with Crippen LogP contribution in [0.15, 0.2) is 47.4 Å². The van der Waals surface area contributed by atoms with Crippen molar-refractivity contribution < 1.29 is 22.7 Å². The molecule has 1 aliphatic heterocycles. The number of ether oxygens (including phenoxy) is 1. The molecular weight excluding hydrogens is 430 g/mol. The summed E-state index contributed by atoms with van der Waals surface area (Å²) in [6.07, 6.45) is 1.66. The molecule has 3 N–H and O–H groups in total. The first-order chi connectivity index (χ1) is 14.3. The van der Waals surface area contributed by atoms with Gasteiger partial charge in [0.1, 0.15) is 5.75 Å². The molecule has 0 aliphatic carbocycles. The number of para-hydroxylation sites is 2. The van der Waals surface area contributed by atoms with Gasteiger partial charge in [-0.25, -0.2) is 8.42 Å². The maximum atomic E-state index is 12.8.